The molecular formula is C24H21BrN4O2. The molecule has 0 saturated heterocycles. The molecule has 0 aliphatic heterocycles. The minimum Gasteiger partial charge on any atom is -0.352 e. The molecule has 4 aromatic rings. The fraction of sp³-hybridized carbons (Fsp3) is 0.125. The summed E-state index contributed by atoms with van der Waals surface area (Å²) in [5, 5.41) is 5.67. The minimum atomic E-state index is -0.214. The summed E-state index contributed by atoms with van der Waals surface area (Å²) in [6.45, 7) is 2.19. The van der Waals surface area contributed by atoms with Gasteiger partial charge in [0, 0.05) is 34.4 Å². The van der Waals surface area contributed by atoms with Crippen molar-refractivity contribution in [2.45, 2.75) is 13.3 Å². The summed E-state index contributed by atoms with van der Waals surface area (Å²) < 4.78 is 2.87. The number of carbonyl (C=O) groups excluding carboxylic acids is 2. The minimum absolute atomic E-state index is 0.149. The summed E-state index contributed by atoms with van der Waals surface area (Å²) in [4.78, 5) is 29.0. The first kappa shape index (κ1) is 20.8. The van der Waals surface area contributed by atoms with Gasteiger partial charge < -0.3 is 10.6 Å². The van der Waals surface area contributed by atoms with Gasteiger partial charge in [0.05, 0.1) is 11.0 Å². The number of benzene rings is 3. The fourth-order valence-corrected chi connectivity index (χ4v) is 3.63. The van der Waals surface area contributed by atoms with E-state index in [1.54, 1.807) is 18.5 Å². The molecule has 4 rings (SSSR count). The molecule has 0 unspecified atom stereocenters. The van der Waals surface area contributed by atoms with E-state index in [0.717, 1.165) is 32.4 Å². The molecule has 0 bridgehead atoms. The molecule has 6 nitrogen and oxygen atoms in total. The lowest BCUT2D eigenvalue weighted by Crippen LogP contribution is -2.27. The first-order valence-electron chi connectivity index (χ1n) is 9.88. The average Bonchev–Trinajstić information content (AvgIpc) is 3.20. The first-order chi connectivity index (χ1) is 15.0. The van der Waals surface area contributed by atoms with Crippen molar-refractivity contribution in [3.05, 3.63) is 88.7 Å². The number of rotatable bonds is 6. The molecule has 1 aromatic heterocycles. The maximum atomic E-state index is 12.4. The Morgan fingerprint density at radius 2 is 1.81 bits per heavy atom. The van der Waals surface area contributed by atoms with E-state index >= 15 is 0 Å². The molecule has 0 aliphatic rings. The number of hydrogen-bond donors (Lipinski definition) is 2. The van der Waals surface area contributed by atoms with Gasteiger partial charge in [0.25, 0.3) is 5.91 Å². The Kier molecular flexibility index (Phi) is 6.13. The number of aryl methyl sites for hydroxylation is 1. The highest BCUT2D eigenvalue weighted by atomic mass is 79.9. The highest BCUT2D eigenvalue weighted by molar-refractivity contribution is 9.10. The zero-order chi connectivity index (χ0) is 21.8. The zero-order valence-corrected chi connectivity index (χ0v) is 18.5. The molecule has 7 heteroatoms. The second-order valence-corrected chi connectivity index (χ2v) is 8.08. The molecule has 0 saturated carbocycles. The molecule has 0 spiro atoms. The fourth-order valence-electron chi connectivity index (χ4n) is 3.27. The molecule has 1 heterocycles. The van der Waals surface area contributed by atoms with Crippen LogP contribution in [0.1, 0.15) is 22.3 Å². The van der Waals surface area contributed by atoms with E-state index < -0.39 is 0 Å². The lowest BCUT2D eigenvalue weighted by Gasteiger charge is -2.10. The smallest absolute Gasteiger partial charge is 0.251 e. The molecule has 0 aliphatic carbocycles. The lowest BCUT2D eigenvalue weighted by atomic mass is 10.2. The van der Waals surface area contributed by atoms with Gasteiger partial charge in [-0.1, -0.05) is 34.1 Å². The van der Waals surface area contributed by atoms with Crippen LogP contribution in [-0.4, -0.2) is 27.9 Å². The number of nitrogens with one attached hydrogen (secondary N) is 2. The third-order valence-corrected chi connectivity index (χ3v) is 5.47. The Balaban J connectivity index is 1.33. The highest BCUT2D eigenvalue weighted by Gasteiger charge is 2.10. The standard InChI is InChI=1S/C24H21BrN4O2/c1-16-6-9-18(25)14-21(16)28-23(30)12-13-26-24(31)17-7-10-19(11-8-17)29-15-27-20-4-2-3-5-22(20)29/h2-11,14-15H,12-13H2,1H3,(H,26,31)(H,28,30). The summed E-state index contributed by atoms with van der Waals surface area (Å²) in [6.07, 6.45) is 1.96. The van der Waals surface area contributed by atoms with Crippen LogP contribution in [0.15, 0.2) is 77.5 Å². The molecule has 31 heavy (non-hydrogen) atoms. The summed E-state index contributed by atoms with van der Waals surface area (Å²) in [5.74, 6) is -0.364. The van der Waals surface area contributed by atoms with Crippen molar-refractivity contribution >= 4 is 44.5 Å². The van der Waals surface area contributed by atoms with Gasteiger partial charge in [0.1, 0.15) is 6.33 Å². The SMILES string of the molecule is Cc1ccc(Br)cc1NC(=O)CCNC(=O)c1ccc(-n2cnc3ccccc32)cc1. The molecular weight excluding hydrogens is 456 g/mol. The summed E-state index contributed by atoms with van der Waals surface area (Å²) in [7, 11) is 0. The van der Waals surface area contributed by atoms with Crippen LogP contribution in [-0.2, 0) is 4.79 Å². The van der Waals surface area contributed by atoms with Crippen molar-refractivity contribution in [2.75, 3.05) is 11.9 Å². The van der Waals surface area contributed by atoms with Crippen LogP contribution in [0, 0.1) is 6.92 Å². The molecule has 0 radical (unpaired) electrons. The second kappa shape index (κ2) is 9.14. The highest BCUT2D eigenvalue weighted by Crippen LogP contribution is 2.21. The number of amides is 2. The van der Waals surface area contributed by atoms with Gasteiger partial charge in [-0.15, -0.1) is 0 Å². The first-order valence-corrected chi connectivity index (χ1v) is 10.7. The summed E-state index contributed by atoms with van der Waals surface area (Å²) >= 11 is 3.40. The maximum absolute atomic E-state index is 12.4. The van der Waals surface area contributed by atoms with Crippen LogP contribution in [0.3, 0.4) is 0 Å². The number of anilines is 1. The Hall–Kier alpha value is -3.45. The van der Waals surface area contributed by atoms with Crippen molar-refractivity contribution in [1.82, 2.24) is 14.9 Å². The maximum Gasteiger partial charge on any atom is 0.251 e. The number of nitrogens with zero attached hydrogens (tertiary/aromatic N) is 2. The van der Waals surface area contributed by atoms with Crippen LogP contribution >= 0.6 is 15.9 Å². The number of imidazole rings is 1. The topological polar surface area (TPSA) is 76.0 Å². The third-order valence-electron chi connectivity index (χ3n) is 4.97. The normalized spacial score (nSPS) is 10.8. The molecule has 3 aromatic carbocycles. The number of fused-ring (bicyclic) bond motifs is 1. The largest absolute Gasteiger partial charge is 0.352 e. The van der Waals surface area contributed by atoms with Crippen molar-refractivity contribution in [3.63, 3.8) is 0 Å². The van der Waals surface area contributed by atoms with Crippen molar-refractivity contribution in [3.8, 4) is 5.69 Å². The van der Waals surface area contributed by atoms with E-state index in [0.29, 0.717) is 5.56 Å². The van der Waals surface area contributed by atoms with E-state index in [-0.39, 0.29) is 24.8 Å². The summed E-state index contributed by atoms with van der Waals surface area (Å²) in [6, 6.07) is 20.9. The van der Waals surface area contributed by atoms with Crippen LogP contribution in [0.4, 0.5) is 5.69 Å². The van der Waals surface area contributed by atoms with Crippen molar-refractivity contribution in [1.29, 1.82) is 0 Å². The molecule has 156 valence electrons. The zero-order valence-electron chi connectivity index (χ0n) is 16.9. The van der Waals surface area contributed by atoms with Gasteiger partial charge in [-0.05, 0) is 61.0 Å². The quantitative estimate of drug-likeness (QED) is 0.417. The second-order valence-electron chi connectivity index (χ2n) is 7.16. The van der Waals surface area contributed by atoms with Crippen LogP contribution in [0.25, 0.3) is 16.7 Å². The van der Waals surface area contributed by atoms with Gasteiger partial charge in [0.15, 0.2) is 0 Å². The van der Waals surface area contributed by atoms with E-state index in [1.165, 1.54) is 0 Å². The molecule has 0 atom stereocenters. The molecule has 2 amide bonds. The van der Waals surface area contributed by atoms with E-state index in [1.807, 2.05) is 66.1 Å². The number of aromatic nitrogens is 2. The van der Waals surface area contributed by atoms with Crippen molar-refractivity contribution in [2.24, 2.45) is 0 Å². The monoisotopic (exact) mass is 476 g/mol. The Morgan fingerprint density at radius 3 is 2.61 bits per heavy atom. The lowest BCUT2D eigenvalue weighted by molar-refractivity contribution is -0.116. The third kappa shape index (κ3) is 4.83. The van der Waals surface area contributed by atoms with Gasteiger partial charge in [-0.3, -0.25) is 14.2 Å². The average molecular weight is 477 g/mol. The number of halogens is 1. The number of hydrogen-bond acceptors (Lipinski definition) is 3. The van der Waals surface area contributed by atoms with Crippen LogP contribution in [0.5, 0.6) is 0 Å². The predicted octanol–water partition coefficient (Wildman–Crippen LogP) is 4.86. The summed E-state index contributed by atoms with van der Waals surface area (Å²) in [5.41, 5.74) is 5.12. The van der Waals surface area contributed by atoms with E-state index in [2.05, 4.69) is 31.5 Å². The van der Waals surface area contributed by atoms with E-state index in [4.69, 9.17) is 0 Å². The number of carbonyl (C=O) groups is 2. The number of para-hydroxylation sites is 2. The van der Waals surface area contributed by atoms with Gasteiger partial charge in [-0.2, -0.15) is 0 Å². The van der Waals surface area contributed by atoms with Crippen LogP contribution < -0.4 is 10.6 Å². The van der Waals surface area contributed by atoms with Gasteiger partial charge in [-0.25, -0.2) is 4.98 Å². The van der Waals surface area contributed by atoms with Gasteiger partial charge in [0.2, 0.25) is 5.91 Å². The predicted molar refractivity (Wildman–Crippen MR) is 126 cm³/mol. The Morgan fingerprint density at radius 1 is 1.03 bits per heavy atom. The molecule has 0 fully saturated rings. The van der Waals surface area contributed by atoms with Crippen molar-refractivity contribution < 1.29 is 9.59 Å². The Bertz CT molecular complexity index is 1250. The van der Waals surface area contributed by atoms with E-state index in [9.17, 15) is 9.59 Å². The Labute approximate surface area is 188 Å². The van der Waals surface area contributed by atoms with Gasteiger partial charge >= 0.3 is 0 Å². The molecule has 2 N–H and O–H groups in total. The van der Waals surface area contributed by atoms with Crippen LogP contribution in [0.2, 0.25) is 0 Å².